The number of H-pyrrole nitrogens is 1. The average Bonchev–Trinajstić information content (AvgIpc) is 3.35. The van der Waals surface area contributed by atoms with Gasteiger partial charge < -0.3 is 19.7 Å². The number of benzene rings is 2. The molecule has 3 aromatic rings. The Balaban J connectivity index is 1.32. The highest BCUT2D eigenvalue weighted by Gasteiger charge is 2.25. The molecule has 1 aliphatic rings. The number of amides is 2. The van der Waals surface area contributed by atoms with Gasteiger partial charge in [-0.3, -0.25) is 19.6 Å². The molecule has 2 aromatic carbocycles. The van der Waals surface area contributed by atoms with Crippen LogP contribution in [0, 0.1) is 6.92 Å². The molecule has 9 heteroatoms. The first-order valence-corrected chi connectivity index (χ1v) is 11.1. The number of carbonyl (C=O) groups excluding carboxylic acids is 2. The van der Waals surface area contributed by atoms with E-state index in [0.717, 1.165) is 16.8 Å². The van der Waals surface area contributed by atoms with Gasteiger partial charge in [0.15, 0.2) is 0 Å². The van der Waals surface area contributed by atoms with Crippen LogP contribution in [-0.4, -0.2) is 78.8 Å². The summed E-state index contributed by atoms with van der Waals surface area (Å²) in [4.78, 5) is 29.2. The van der Waals surface area contributed by atoms with Crippen molar-refractivity contribution in [1.29, 1.82) is 0 Å². The van der Waals surface area contributed by atoms with Crippen LogP contribution in [0.4, 0.5) is 5.69 Å². The Bertz CT molecular complexity index is 1150. The number of piperazine rings is 1. The summed E-state index contributed by atoms with van der Waals surface area (Å²) in [7, 11) is 3.17. The number of nitrogens with one attached hydrogen (secondary N) is 2. The fourth-order valence-corrected chi connectivity index (χ4v) is 3.90. The van der Waals surface area contributed by atoms with Crippen molar-refractivity contribution in [2.45, 2.75) is 6.92 Å². The van der Waals surface area contributed by atoms with Crippen LogP contribution in [0.25, 0.3) is 11.3 Å². The van der Waals surface area contributed by atoms with E-state index in [0.29, 0.717) is 55.6 Å². The number of methoxy groups -OCH3 is 2. The maximum atomic E-state index is 13.0. The first kappa shape index (κ1) is 23.3. The number of ether oxygens (including phenoxy) is 2. The number of anilines is 1. The molecule has 0 bridgehead atoms. The lowest BCUT2D eigenvalue weighted by Crippen LogP contribution is -2.50. The summed E-state index contributed by atoms with van der Waals surface area (Å²) in [6.07, 6.45) is 0. The summed E-state index contributed by atoms with van der Waals surface area (Å²) in [5.74, 6) is 1.12. The zero-order valence-corrected chi connectivity index (χ0v) is 19.6. The largest absolute Gasteiger partial charge is 0.497 e. The molecule has 2 N–H and O–H groups in total. The molecule has 0 atom stereocenters. The Morgan fingerprint density at radius 3 is 2.41 bits per heavy atom. The van der Waals surface area contributed by atoms with Gasteiger partial charge >= 0.3 is 0 Å². The van der Waals surface area contributed by atoms with Gasteiger partial charge in [0.2, 0.25) is 5.91 Å². The second-order valence-electron chi connectivity index (χ2n) is 8.22. The lowest BCUT2D eigenvalue weighted by atomic mass is 10.1. The van der Waals surface area contributed by atoms with E-state index in [1.807, 2.05) is 48.2 Å². The number of rotatable bonds is 7. The van der Waals surface area contributed by atoms with Crippen LogP contribution in [0.5, 0.6) is 11.5 Å². The standard InChI is InChI=1S/C25H29N5O4/c1-17-4-6-18(7-5-17)26-24(31)16-29-10-12-30(13-11-29)25(32)22-15-21(27-28-22)20-9-8-19(33-2)14-23(20)34-3/h4-9,14-15H,10-13,16H2,1-3H3,(H,26,31)(H,27,28). The van der Waals surface area contributed by atoms with E-state index in [9.17, 15) is 9.59 Å². The number of hydrogen-bond donors (Lipinski definition) is 2. The summed E-state index contributed by atoms with van der Waals surface area (Å²) in [6.45, 7) is 4.63. The first-order chi connectivity index (χ1) is 16.5. The maximum Gasteiger partial charge on any atom is 0.271 e. The van der Waals surface area contributed by atoms with E-state index >= 15 is 0 Å². The number of aromatic amines is 1. The molecule has 1 fully saturated rings. The second kappa shape index (κ2) is 10.4. The molecule has 34 heavy (non-hydrogen) atoms. The van der Waals surface area contributed by atoms with Crippen LogP contribution in [0.3, 0.4) is 0 Å². The number of aromatic nitrogens is 2. The molecule has 0 saturated carbocycles. The molecule has 1 aromatic heterocycles. The van der Waals surface area contributed by atoms with E-state index in [2.05, 4.69) is 15.5 Å². The predicted octanol–water partition coefficient (Wildman–Crippen LogP) is 2.80. The van der Waals surface area contributed by atoms with Crippen molar-refractivity contribution >= 4 is 17.5 Å². The molecule has 178 valence electrons. The van der Waals surface area contributed by atoms with E-state index in [1.54, 1.807) is 31.3 Å². The van der Waals surface area contributed by atoms with E-state index < -0.39 is 0 Å². The van der Waals surface area contributed by atoms with Crippen molar-refractivity contribution in [3.63, 3.8) is 0 Å². The zero-order chi connectivity index (χ0) is 24.1. The number of hydrogen-bond acceptors (Lipinski definition) is 6. The third-order valence-electron chi connectivity index (χ3n) is 5.85. The lowest BCUT2D eigenvalue weighted by Gasteiger charge is -2.34. The summed E-state index contributed by atoms with van der Waals surface area (Å²) < 4.78 is 10.7. The fourth-order valence-electron chi connectivity index (χ4n) is 3.90. The molecule has 2 heterocycles. The van der Waals surface area contributed by atoms with Gasteiger partial charge in [0.05, 0.1) is 26.5 Å². The molecule has 4 rings (SSSR count). The topological polar surface area (TPSA) is 99.8 Å². The molecule has 2 amide bonds. The maximum absolute atomic E-state index is 13.0. The minimum atomic E-state index is -0.116. The van der Waals surface area contributed by atoms with Gasteiger partial charge in [0, 0.05) is 43.5 Å². The Hall–Kier alpha value is -3.85. The molecule has 1 aliphatic heterocycles. The number of nitrogens with zero attached hydrogens (tertiary/aromatic N) is 3. The molecular formula is C25H29N5O4. The summed E-state index contributed by atoms with van der Waals surface area (Å²) in [5.41, 5.74) is 3.73. The van der Waals surface area contributed by atoms with Crippen molar-refractivity contribution in [2.24, 2.45) is 0 Å². The van der Waals surface area contributed by atoms with Crippen LogP contribution in [0.15, 0.2) is 48.5 Å². The molecule has 1 saturated heterocycles. The summed E-state index contributed by atoms with van der Waals surface area (Å²) >= 11 is 0. The van der Waals surface area contributed by atoms with Gasteiger partial charge in [0.1, 0.15) is 17.2 Å². The molecule has 0 spiro atoms. The Morgan fingerprint density at radius 2 is 1.74 bits per heavy atom. The molecule has 9 nitrogen and oxygen atoms in total. The van der Waals surface area contributed by atoms with Crippen molar-refractivity contribution in [2.75, 3.05) is 52.3 Å². The van der Waals surface area contributed by atoms with Gasteiger partial charge in [-0.25, -0.2) is 0 Å². The Kier molecular flexibility index (Phi) is 7.12. The van der Waals surface area contributed by atoms with Gasteiger partial charge in [-0.1, -0.05) is 17.7 Å². The van der Waals surface area contributed by atoms with Crippen molar-refractivity contribution < 1.29 is 19.1 Å². The van der Waals surface area contributed by atoms with Gasteiger partial charge in [-0.05, 0) is 37.3 Å². The van der Waals surface area contributed by atoms with Crippen LogP contribution < -0.4 is 14.8 Å². The molecule has 0 unspecified atom stereocenters. The minimum Gasteiger partial charge on any atom is -0.497 e. The quantitative estimate of drug-likeness (QED) is 0.559. The molecule has 0 radical (unpaired) electrons. The Morgan fingerprint density at radius 1 is 1.00 bits per heavy atom. The van der Waals surface area contributed by atoms with Gasteiger partial charge in [-0.15, -0.1) is 0 Å². The van der Waals surface area contributed by atoms with E-state index in [4.69, 9.17) is 9.47 Å². The summed E-state index contributed by atoms with van der Waals surface area (Å²) in [5, 5.41) is 10.1. The molecule has 0 aliphatic carbocycles. The first-order valence-electron chi connectivity index (χ1n) is 11.1. The smallest absolute Gasteiger partial charge is 0.271 e. The third-order valence-corrected chi connectivity index (χ3v) is 5.85. The Labute approximate surface area is 198 Å². The van der Waals surface area contributed by atoms with Crippen LogP contribution in [0.2, 0.25) is 0 Å². The number of aryl methyl sites for hydroxylation is 1. The SMILES string of the molecule is COc1ccc(-c2cc(C(=O)N3CCN(CC(=O)Nc4ccc(C)cc4)CC3)[nH]n2)c(OC)c1. The zero-order valence-electron chi connectivity index (χ0n) is 19.6. The van der Waals surface area contributed by atoms with Crippen molar-refractivity contribution in [3.8, 4) is 22.8 Å². The lowest BCUT2D eigenvalue weighted by molar-refractivity contribution is -0.117. The summed E-state index contributed by atoms with van der Waals surface area (Å²) in [6, 6.07) is 14.9. The normalized spacial score (nSPS) is 14.0. The highest BCUT2D eigenvalue weighted by molar-refractivity contribution is 5.94. The highest BCUT2D eigenvalue weighted by atomic mass is 16.5. The average molecular weight is 464 g/mol. The van der Waals surface area contributed by atoms with Crippen molar-refractivity contribution in [3.05, 3.63) is 59.8 Å². The van der Waals surface area contributed by atoms with Gasteiger partial charge in [-0.2, -0.15) is 5.10 Å². The fraction of sp³-hybridized carbons (Fsp3) is 0.320. The van der Waals surface area contributed by atoms with Crippen LogP contribution >= 0.6 is 0 Å². The van der Waals surface area contributed by atoms with Crippen LogP contribution in [-0.2, 0) is 4.79 Å². The second-order valence-corrected chi connectivity index (χ2v) is 8.22. The van der Waals surface area contributed by atoms with Crippen molar-refractivity contribution in [1.82, 2.24) is 20.0 Å². The third kappa shape index (κ3) is 5.37. The predicted molar refractivity (Wildman–Crippen MR) is 129 cm³/mol. The minimum absolute atomic E-state index is 0.0599. The number of carbonyl (C=O) groups is 2. The van der Waals surface area contributed by atoms with Gasteiger partial charge in [0.25, 0.3) is 5.91 Å². The molecular weight excluding hydrogens is 434 g/mol. The van der Waals surface area contributed by atoms with E-state index in [-0.39, 0.29) is 11.8 Å². The van der Waals surface area contributed by atoms with E-state index in [1.165, 1.54) is 0 Å². The van der Waals surface area contributed by atoms with Crippen LogP contribution in [0.1, 0.15) is 16.1 Å². The monoisotopic (exact) mass is 463 g/mol. The highest BCUT2D eigenvalue weighted by Crippen LogP contribution is 2.32.